The second kappa shape index (κ2) is 38.5. The molecule has 0 spiro atoms. The zero-order valence-corrected chi connectivity index (χ0v) is 31.5. The Bertz CT molecular complexity index is 490. The molecule has 2 nitrogen and oxygen atoms in total. The summed E-state index contributed by atoms with van der Waals surface area (Å²) in [7, 11) is 0. The van der Waals surface area contributed by atoms with Gasteiger partial charge in [0.2, 0.25) is 0 Å². The van der Waals surface area contributed by atoms with Crippen LogP contribution in [-0.2, 0) is 0 Å². The van der Waals surface area contributed by atoms with E-state index in [0.29, 0.717) is 0 Å². The molecule has 2 heteroatoms. The Balaban J connectivity index is 3.75. The van der Waals surface area contributed by atoms with E-state index < -0.39 is 0 Å². The molecule has 0 rings (SSSR count). The molecule has 0 aliphatic heterocycles. The maximum Gasteiger partial charge on any atom is 0.0173 e. The maximum absolute atomic E-state index is 2.63. The first-order valence-corrected chi connectivity index (χ1v) is 20.9. The lowest BCUT2D eigenvalue weighted by atomic mass is 10.0. The lowest BCUT2D eigenvalue weighted by Crippen LogP contribution is -2.23. The van der Waals surface area contributed by atoms with Crippen LogP contribution in [0.3, 0.4) is 0 Å². The molecule has 0 aliphatic rings. The Kier molecular flexibility index (Phi) is 37.9. The molecule has 0 aliphatic carbocycles. The summed E-state index contributed by atoms with van der Waals surface area (Å²) in [5.41, 5.74) is 0. The van der Waals surface area contributed by atoms with Gasteiger partial charge >= 0.3 is 0 Å². The van der Waals surface area contributed by atoms with Gasteiger partial charge in [0.25, 0.3) is 0 Å². The second-order valence-corrected chi connectivity index (χ2v) is 14.2. The minimum absolute atomic E-state index is 1.11. The third-order valence-electron chi connectivity index (χ3n) is 9.90. The first-order chi connectivity index (χ1) is 21.8. The Morgan fingerprint density at radius 2 is 0.455 bits per heavy atom. The van der Waals surface area contributed by atoms with Crippen molar-refractivity contribution >= 4 is 0 Å². The summed E-state index contributed by atoms with van der Waals surface area (Å²) in [5, 5.41) is 0. The van der Waals surface area contributed by atoms with Crippen molar-refractivity contribution in [1.29, 1.82) is 0 Å². The molecular formula is C42H86N2. The monoisotopic (exact) mass is 619 g/mol. The highest BCUT2D eigenvalue weighted by atomic mass is 15.1. The van der Waals surface area contributed by atoms with E-state index in [1.54, 1.807) is 0 Å². The second-order valence-electron chi connectivity index (χ2n) is 14.2. The number of unbranched alkanes of at least 4 members (excludes halogenated alkanes) is 30. The fraction of sp³-hybridized carbons (Fsp3) is 0.952. The van der Waals surface area contributed by atoms with Gasteiger partial charge in [-0.05, 0) is 26.7 Å². The average Bonchev–Trinajstić information content (AvgIpc) is 3.04. The summed E-state index contributed by atoms with van der Waals surface area (Å²) in [4.78, 5) is 5.06. The molecule has 0 aromatic carbocycles. The lowest BCUT2D eigenvalue weighted by molar-refractivity contribution is 0.334. The van der Waals surface area contributed by atoms with E-state index in [2.05, 4.69) is 49.9 Å². The molecule has 0 radical (unpaired) electrons. The molecule has 0 aromatic heterocycles. The standard InChI is InChI=1S/C42H86N2/c1-5-9-11-13-15-17-19-21-23-25-27-29-31-33-35-37-39-44(42-41-43(7-3)8-4)40-38-36-34-32-30-28-26-24-22-20-18-16-14-12-10-6-2/h41-42H,5-40H2,1-4H3/b42-41+. The Labute approximate surface area is 281 Å². The molecule has 0 saturated heterocycles. The van der Waals surface area contributed by atoms with Crippen LogP contribution in [0.5, 0.6) is 0 Å². The van der Waals surface area contributed by atoms with E-state index in [1.165, 1.54) is 219 Å². The molecule has 0 bridgehead atoms. The van der Waals surface area contributed by atoms with Crippen molar-refractivity contribution in [2.24, 2.45) is 0 Å². The number of nitrogens with zero attached hydrogens (tertiary/aromatic N) is 2. The normalized spacial score (nSPS) is 11.6. The molecule has 264 valence electrons. The third kappa shape index (κ3) is 34.2. The van der Waals surface area contributed by atoms with E-state index in [1.807, 2.05) is 0 Å². The maximum atomic E-state index is 2.63. The predicted molar refractivity (Wildman–Crippen MR) is 203 cm³/mol. The van der Waals surface area contributed by atoms with Crippen LogP contribution < -0.4 is 0 Å². The Morgan fingerprint density at radius 3 is 0.682 bits per heavy atom. The summed E-state index contributed by atoms with van der Waals surface area (Å²) < 4.78 is 0. The van der Waals surface area contributed by atoms with Crippen LogP contribution in [0.1, 0.15) is 233 Å². The molecule has 44 heavy (non-hydrogen) atoms. The number of hydrogen-bond donors (Lipinski definition) is 0. The van der Waals surface area contributed by atoms with Crippen LogP contribution in [0.2, 0.25) is 0 Å². The van der Waals surface area contributed by atoms with Gasteiger partial charge in [-0.2, -0.15) is 0 Å². The topological polar surface area (TPSA) is 6.48 Å². The van der Waals surface area contributed by atoms with Crippen molar-refractivity contribution in [2.75, 3.05) is 26.2 Å². The van der Waals surface area contributed by atoms with Gasteiger partial charge in [-0.3, -0.25) is 0 Å². The van der Waals surface area contributed by atoms with Crippen molar-refractivity contribution in [3.05, 3.63) is 12.4 Å². The summed E-state index contributed by atoms with van der Waals surface area (Å²) in [6, 6.07) is 0. The summed E-state index contributed by atoms with van der Waals surface area (Å²) in [6.45, 7) is 13.9. The molecule has 0 aromatic rings. The van der Waals surface area contributed by atoms with Crippen molar-refractivity contribution < 1.29 is 0 Å². The van der Waals surface area contributed by atoms with E-state index in [9.17, 15) is 0 Å². The van der Waals surface area contributed by atoms with Gasteiger partial charge in [-0.15, -0.1) is 0 Å². The smallest absolute Gasteiger partial charge is 0.0173 e. The lowest BCUT2D eigenvalue weighted by Gasteiger charge is -2.23. The quantitative estimate of drug-likeness (QED) is 0.0635. The molecule has 0 fully saturated rings. The molecular weight excluding hydrogens is 532 g/mol. The SMILES string of the molecule is CCCCCCCCCCCCCCCCCCN(/C=C/N(CC)CC)CCCCCCCCCCCCCCCCCC. The molecule has 0 saturated carbocycles. The van der Waals surface area contributed by atoms with Crippen LogP contribution in [-0.4, -0.2) is 36.0 Å². The van der Waals surface area contributed by atoms with E-state index in [-0.39, 0.29) is 0 Å². The Morgan fingerprint density at radius 1 is 0.250 bits per heavy atom. The van der Waals surface area contributed by atoms with Gasteiger partial charge in [0.05, 0.1) is 0 Å². The van der Waals surface area contributed by atoms with Gasteiger partial charge in [-0.25, -0.2) is 0 Å². The minimum atomic E-state index is 1.11. The highest BCUT2D eigenvalue weighted by Crippen LogP contribution is 2.16. The number of rotatable bonds is 38. The summed E-state index contributed by atoms with van der Waals surface area (Å²) in [6.07, 6.45) is 51.1. The molecule has 0 N–H and O–H groups in total. The first kappa shape index (κ1) is 43.3. The largest absolute Gasteiger partial charge is 0.377 e. The summed E-state index contributed by atoms with van der Waals surface area (Å²) >= 11 is 0. The van der Waals surface area contributed by atoms with Gasteiger partial charge in [-0.1, -0.05) is 206 Å². The molecule has 0 atom stereocenters. The molecule has 0 unspecified atom stereocenters. The molecule has 0 heterocycles. The van der Waals surface area contributed by atoms with Crippen LogP contribution in [0.15, 0.2) is 12.4 Å². The zero-order chi connectivity index (χ0) is 32.0. The Hall–Kier alpha value is -0.660. The third-order valence-corrected chi connectivity index (χ3v) is 9.90. The van der Waals surface area contributed by atoms with Crippen molar-refractivity contribution in [1.82, 2.24) is 9.80 Å². The van der Waals surface area contributed by atoms with Crippen molar-refractivity contribution in [3.63, 3.8) is 0 Å². The highest BCUT2D eigenvalue weighted by molar-refractivity contribution is 4.82. The zero-order valence-electron chi connectivity index (χ0n) is 31.5. The fourth-order valence-corrected chi connectivity index (χ4v) is 6.61. The predicted octanol–water partition coefficient (Wildman–Crippen LogP) is 14.6. The van der Waals surface area contributed by atoms with Crippen molar-refractivity contribution in [3.8, 4) is 0 Å². The van der Waals surface area contributed by atoms with E-state index in [4.69, 9.17) is 0 Å². The fourth-order valence-electron chi connectivity index (χ4n) is 6.61. The van der Waals surface area contributed by atoms with E-state index in [0.717, 1.165) is 13.1 Å². The van der Waals surface area contributed by atoms with Crippen molar-refractivity contribution in [2.45, 2.75) is 233 Å². The average molecular weight is 619 g/mol. The van der Waals surface area contributed by atoms with Crippen LogP contribution in [0, 0.1) is 0 Å². The van der Waals surface area contributed by atoms with Crippen LogP contribution in [0.25, 0.3) is 0 Å². The summed E-state index contributed by atoms with van der Waals surface area (Å²) in [5.74, 6) is 0. The molecule has 0 amide bonds. The van der Waals surface area contributed by atoms with Crippen LogP contribution >= 0.6 is 0 Å². The van der Waals surface area contributed by atoms with Gasteiger partial charge in [0.1, 0.15) is 0 Å². The van der Waals surface area contributed by atoms with Gasteiger partial charge in [0, 0.05) is 38.6 Å². The number of hydrogen-bond acceptors (Lipinski definition) is 2. The van der Waals surface area contributed by atoms with E-state index >= 15 is 0 Å². The van der Waals surface area contributed by atoms with Crippen LogP contribution in [0.4, 0.5) is 0 Å². The van der Waals surface area contributed by atoms with Gasteiger partial charge < -0.3 is 9.80 Å². The van der Waals surface area contributed by atoms with Gasteiger partial charge in [0.15, 0.2) is 0 Å². The highest BCUT2D eigenvalue weighted by Gasteiger charge is 2.02. The first-order valence-electron chi connectivity index (χ1n) is 20.9. The minimum Gasteiger partial charge on any atom is -0.377 e.